The second-order valence-corrected chi connectivity index (χ2v) is 8.34. The van der Waals surface area contributed by atoms with Crippen molar-refractivity contribution in [2.75, 3.05) is 12.3 Å². The topological polar surface area (TPSA) is 112 Å². The molecule has 0 aliphatic rings. The van der Waals surface area contributed by atoms with Gasteiger partial charge in [-0.2, -0.15) is 0 Å². The molecule has 0 fully saturated rings. The highest BCUT2D eigenvalue weighted by molar-refractivity contribution is 6.07. The molecule has 3 N–H and O–H groups in total. The van der Waals surface area contributed by atoms with E-state index in [0.29, 0.717) is 36.2 Å². The summed E-state index contributed by atoms with van der Waals surface area (Å²) in [5.74, 6) is 1.29. The number of carbonyl (C=O) groups is 1. The molecule has 0 unspecified atom stereocenters. The zero-order valence-corrected chi connectivity index (χ0v) is 19.0. The van der Waals surface area contributed by atoms with E-state index in [4.69, 9.17) is 20.2 Å². The zero-order valence-electron chi connectivity index (χ0n) is 19.0. The summed E-state index contributed by atoms with van der Waals surface area (Å²) in [6.07, 6.45) is 0. The summed E-state index contributed by atoms with van der Waals surface area (Å²) in [6, 6.07) is 12.4. The Balaban J connectivity index is 1.76. The van der Waals surface area contributed by atoms with E-state index < -0.39 is 5.97 Å². The number of nitrogens with two attached hydrogens (primary N) is 1. The molecule has 0 aliphatic heterocycles. The summed E-state index contributed by atoms with van der Waals surface area (Å²) in [5, 5.41) is 10.1. The summed E-state index contributed by atoms with van der Waals surface area (Å²) in [4.78, 5) is 20.5. The predicted molar refractivity (Wildman–Crippen MR) is 127 cm³/mol. The maximum Gasteiger partial charge on any atom is 0.335 e. The van der Waals surface area contributed by atoms with Gasteiger partial charge in [-0.1, -0.05) is 26.0 Å². The fourth-order valence-electron chi connectivity index (χ4n) is 3.85. The fourth-order valence-corrected chi connectivity index (χ4v) is 3.85. The third-order valence-corrected chi connectivity index (χ3v) is 5.32. The van der Waals surface area contributed by atoms with Gasteiger partial charge < -0.3 is 24.9 Å². The Bertz CT molecular complexity index is 1310. The van der Waals surface area contributed by atoms with Gasteiger partial charge in [0.1, 0.15) is 30.3 Å². The van der Waals surface area contributed by atoms with Crippen LogP contribution in [0.3, 0.4) is 0 Å². The van der Waals surface area contributed by atoms with Gasteiger partial charge in [0.25, 0.3) is 0 Å². The minimum Gasteiger partial charge on any atom is -0.489 e. The molecule has 0 saturated carbocycles. The third-order valence-electron chi connectivity index (χ3n) is 5.32. The van der Waals surface area contributed by atoms with Crippen LogP contribution in [-0.2, 0) is 24.5 Å². The van der Waals surface area contributed by atoms with Gasteiger partial charge >= 0.3 is 5.97 Å². The van der Waals surface area contributed by atoms with E-state index in [0.717, 1.165) is 34.4 Å². The number of hydrogen-bond acceptors (Lipinski definition) is 6. The Morgan fingerprint density at radius 2 is 1.97 bits per heavy atom. The SMILES string of the molecule is CCOCc1nc2c(N)nc3ccc(OCc4cccc(C(=O)O)c4)cc3c2n1CC(C)C. The Labute approximate surface area is 192 Å². The summed E-state index contributed by atoms with van der Waals surface area (Å²) in [6.45, 7) is 8.28. The number of benzene rings is 2. The van der Waals surface area contributed by atoms with Gasteiger partial charge in [-0.05, 0) is 48.7 Å². The monoisotopic (exact) mass is 448 g/mol. The molecule has 0 saturated heterocycles. The minimum atomic E-state index is -0.963. The number of nitrogens with zero attached hydrogens (tertiary/aromatic N) is 3. The molecule has 8 heteroatoms. The molecule has 0 radical (unpaired) electrons. The maximum absolute atomic E-state index is 11.2. The summed E-state index contributed by atoms with van der Waals surface area (Å²) in [7, 11) is 0. The molecule has 2 heterocycles. The van der Waals surface area contributed by atoms with E-state index in [2.05, 4.69) is 23.4 Å². The summed E-state index contributed by atoms with van der Waals surface area (Å²) < 4.78 is 13.8. The molecule has 0 aliphatic carbocycles. The number of hydrogen-bond donors (Lipinski definition) is 2. The molecule has 2 aromatic carbocycles. The Hall–Kier alpha value is -3.65. The van der Waals surface area contributed by atoms with Crippen LogP contribution in [0, 0.1) is 5.92 Å². The number of nitrogen functional groups attached to an aromatic ring is 1. The number of ether oxygens (including phenoxy) is 2. The third kappa shape index (κ3) is 4.75. The van der Waals surface area contributed by atoms with Crippen LogP contribution in [0.4, 0.5) is 5.82 Å². The van der Waals surface area contributed by atoms with Crippen molar-refractivity contribution < 1.29 is 19.4 Å². The smallest absolute Gasteiger partial charge is 0.335 e. The standard InChI is InChI=1S/C25H28N4O4/c1-4-32-14-21-28-22-23(29(21)12-15(2)3)19-11-18(8-9-20(19)27-24(22)26)33-13-16-6-5-7-17(10-16)25(30)31/h5-11,15H,4,12-14H2,1-3H3,(H2,26,27)(H,30,31). The van der Waals surface area contributed by atoms with Crippen LogP contribution in [0.5, 0.6) is 5.75 Å². The zero-order chi connectivity index (χ0) is 23.5. The first-order chi connectivity index (χ1) is 15.9. The lowest BCUT2D eigenvalue weighted by molar-refractivity contribution is 0.0696. The highest BCUT2D eigenvalue weighted by atomic mass is 16.5. The molecule has 0 spiro atoms. The lowest BCUT2D eigenvalue weighted by Gasteiger charge is -2.14. The first-order valence-electron chi connectivity index (χ1n) is 11.0. The van der Waals surface area contributed by atoms with E-state index in [-0.39, 0.29) is 12.2 Å². The molecule has 172 valence electrons. The summed E-state index contributed by atoms with van der Waals surface area (Å²) in [5.41, 5.74) is 9.61. The quantitative estimate of drug-likeness (QED) is 0.384. The van der Waals surface area contributed by atoms with Crippen LogP contribution >= 0.6 is 0 Å². The van der Waals surface area contributed by atoms with Crippen LogP contribution in [-0.4, -0.2) is 32.2 Å². The van der Waals surface area contributed by atoms with Crippen molar-refractivity contribution in [1.82, 2.24) is 14.5 Å². The molecule has 33 heavy (non-hydrogen) atoms. The number of aromatic nitrogens is 3. The van der Waals surface area contributed by atoms with Crippen molar-refractivity contribution in [1.29, 1.82) is 0 Å². The number of fused-ring (bicyclic) bond motifs is 3. The molecule has 2 aromatic heterocycles. The predicted octanol–water partition coefficient (Wildman–Crippen LogP) is 4.64. The molecule has 0 bridgehead atoms. The number of aromatic carboxylic acids is 1. The maximum atomic E-state index is 11.2. The van der Waals surface area contributed by atoms with Gasteiger partial charge in [0, 0.05) is 18.5 Å². The second kappa shape index (κ2) is 9.46. The number of imidazole rings is 1. The van der Waals surface area contributed by atoms with Crippen molar-refractivity contribution in [2.24, 2.45) is 5.92 Å². The fraction of sp³-hybridized carbons (Fsp3) is 0.320. The molecule has 0 atom stereocenters. The second-order valence-electron chi connectivity index (χ2n) is 8.34. The van der Waals surface area contributed by atoms with Gasteiger partial charge in [0.2, 0.25) is 0 Å². The minimum absolute atomic E-state index is 0.232. The van der Waals surface area contributed by atoms with Crippen LogP contribution in [0.25, 0.3) is 21.9 Å². The first-order valence-corrected chi connectivity index (χ1v) is 11.0. The lowest BCUT2D eigenvalue weighted by Crippen LogP contribution is -2.10. The molecule has 4 aromatic rings. The van der Waals surface area contributed by atoms with Gasteiger partial charge in [0.05, 0.1) is 16.6 Å². The lowest BCUT2D eigenvalue weighted by atomic mass is 10.1. The van der Waals surface area contributed by atoms with E-state index in [1.165, 1.54) is 0 Å². The van der Waals surface area contributed by atoms with Crippen LogP contribution in [0.1, 0.15) is 42.5 Å². The number of carboxylic acid groups (broad SMARTS) is 1. The number of rotatable bonds is 9. The van der Waals surface area contributed by atoms with E-state index in [9.17, 15) is 9.90 Å². The Morgan fingerprint density at radius 1 is 1.15 bits per heavy atom. The molecular formula is C25H28N4O4. The van der Waals surface area contributed by atoms with Crippen molar-refractivity contribution in [2.45, 2.75) is 40.5 Å². The average molecular weight is 449 g/mol. The van der Waals surface area contributed by atoms with Crippen molar-refractivity contribution in [3.8, 4) is 5.75 Å². The van der Waals surface area contributed by atoms with Gasteiger partial charge in [-0.25, -0.2) is 14.8 Å². The van der Waals surface area contributed by atoms with E-state index in [1.807, 2.05) is 31.2 Å². The van der Waals surface area contributed by atoms with Crippen LogP contribution < -0.4 is 10.5 Å². The normalized spacial score (nSPS) is 11.5. The van der Waals surface area contributed by atoms with Crippen LogP contribution in [0.15, 0.2) is 42.5 Å². The number of carboxylic acids is 1. The van der Waals surface area contributed by atoms with E-state index in [1.54, 1.807) is 18.2 Å². The molecular weight excluding hydrogens is 420 g/mol. The number of anilines is 1. The van der Waals surface area contributed by atoms with Crippen molar-refractivity contribution in [3.63, 3.8) is 0 Å². The van der Waals surface area contributed by atoms with Crippen molar-refractivity contribution in [3.05, 3.63) is 59.4 Å². The highest BCUT2D eigenvalue weighted by Gasteiger charge is 2.18. The molecule has 4 rings (SSSR count). The highest BCUT2D eigenvalue weighted by Crippen LogP contribution is 2.32. The van der Waals surface area contributed by atoms with Gasteiger partial charge in [0.15, 0.2) is 5.82 Å². The Kier molecular flexibility index (Phi) is 6.46. The molecule has 8 nitrogen and oxygen atoms in total. The number of pyridine rings is 1. The first kappa shape index (κ1) is 22.5. The van der Waals surface area contributed by atoms with Gasteiger partial charge in [-0.15, -0.1) is 0 Å². The van der Waals surface area contributed by atoms with Gasteiger partial charge in [-0.3, -0.25) is 0 Å². The Morgan fingerprint density at radius 3 is 2.70 bits per heavy atom. The van der Waals surface area contributed by atoms with Crippen molar-refractivity contribution >= 4 is 33.7 Å². The summed E-state index contributed by atoms with van der Waals surface area (Å²) >= 11 is 0. The van der Waals surface area contributed by atoms with E-state index >= 15 is 0 Å². The average Bonchev–Trinajstić information content (AvgIpc) is 3.15. The van der Waals surface area contributed by atoms with Crippen LogP contribution in [0.2, 0.25) is 0 Å². The molecule has 0 amide bonds. The largest absolute Gasteiger partial charge is 0.489 e.